The number of nitrogens with one attached hydrogen (secondary N) is 2. The zero-order chi connectivity index (χ0) is 21.8. The van der Waals surface area contributed by atoms with E-state index in [1.807, 2.05) is 41.8 Å². The van der Waals surface area contributed by atoms with E-state index in [4.69, 9.17) is 12.2 Å². The first kappa shape index (κ1) is 21.2. The molecule has 158 valence electrons. The van der Waals surface area contributed by atoms with Gasteiger partial charge in [0.2, 0.25) is 5.91 Å². The molecule has 0 bridgehead atoms. The van der Waals surface area contributed by atoms with E-state index >= 15 is 0 Å². The summed E-state index contributed by atoms with van der Waals surface area (Å²) in [5, 5.41) is 7.51. The Morgan fingerprint density at radius 2 is 1.84 bits per heavy atom. The van der Waals surface area contributed by atoms with Crippen LogP contribution in [-0.2, 0) is 21.2 Å². The number of carbonyl (C=O) groups excluding carboxylic acids is 1. The summed E-state index contributed by atoms with van der Waals surface area (Å²) in [6.07, 6.45) is 3.81. The topological polar surface area (TPSA) is 78.5 Å². The van der Waals surface area contributed by atoms with Gasteiger partial charge in [-0.05, 0) is 72.1 Å². The second-order valence-electron chi connectivity index (χ2n) is 6.77. The van der Waals surface area contributed by atoms with Gasteiger partial charge in [-0.25, -0.2) is 8.42 Å². The summed E-state index contributed by atoms with van der Waals surface area (Å²) in [6.45, 7) is 0.427. The Kier molecular flexibility index (Phi) is 6.17. The molecular weight excluding hydrogens is 450 g/mol. The van der Waals surface area contributed by atoms with E-state index in [1.54, 1.807) is 18.2 Å². The second-order valence-corrected chi connectivity index (χ2v) is 10.0. The molecule has 0 unspecified atom stereocenters. The van der Waals surface area contributed by atoms with Crippen LogP contribution in [0.15, 0.2) is 77.0 Å². The summed E-state index contributed by atoms with van der Waals surface area (Å²) in [5.74, 6) is -0.349. The van der Waals surface area contributed by atoms with Gasteiger partial charge in [0.1, 0.15) is 0 Å². The minimum Gasteiger partial charge on any atom is -0.332 e. The molecule has 1 aromatic heterocycles. The summed E-state index contributed by atoms with van der Waals surface area (Å²) < 4.78 is 27.6. The third kappa shape index (κ3) is 4.84. The van der Waals surface area contributed by atoms with Crippen LogP contribution in [0, 0.1) is 0 Å². The van der Waals surface area contributed by atoms with E-state index in [-0.39, 0.29) is 15.9 Å². The molecule has 9 heteroatoms. The Bertz CT molecular complexity index is 1230. The highest BCUT2D eigenvalue weighted by Crippen LogP contribution is 2.32. The number of benzene rings is 2. The minimum absolute atomic E-state index is 0.130. The molecule has 0 saturated heterocycles. The quantitative estimate of drug-likeness (QED) is 0.436. The molecule has 0 spiro atoms. The third-order valence-corrected chi connectivity index (χ3v) is 7.59. The Hall–Kier alpha value is -3.01. The van der Waals surface area contributed by atoms with Gasteiger partial charge in [0.15, 0.2) is 5.11 Å². The van der Waals surface area contributed by atoms with Crippen molar-refractivity contribution >= 4 is 62.0 Å². The maximum atomic E-state index is 13.1. The fraction of sp³-hybridized carbons (Fsp3) is 0.0909. The van der Waals surface area contributed by atoms with Crippen LogP contribution in [0.2, 0.25) is 0 Å². The average molecular weight is 470 g/mol. The van der Waals surface area contributed by atoms with Crippen molar-refractivity contribution in [3.05, 3.63) is 82.6 Å². The van der Waals surface area contributed by atoms with Crippen LogP contribution in [0.4, 0.5) is 11.4 Å². The Morgan fingerprint density at radius 3 is 2.58 bits per heavy atom. The first-order valence-electron chi connectivity index (χ1n) is 9.48. The highest BCUT2D eigenvalue weighted by molar-refractivity contribution is 7.92. The maximum absolute atomic E-state index is 13.1. The van der Waals surface area contributed by atoms with Gasteiger partial charge >= 0.3 is 0 Å². The van der Waals surface area contributed by atoms with Crippen LogP contribution >= 0.6 is 23.6 Å². The van der Waals surface area contributed by atoms with Crippen molar-refractivity contribution in [1.82, 2.24) is 5.32 Å². The molecule has 0 radical (unpaired) electrons. The maximum Gasteiger partial charge on any atom is 0.264 e. The molecule has 1 aliphatic rings. The number of hydrogen-bond acceptors (Lipinski definition) is 5. The highest BCUT2D eigenvalue weighted by Gasteiger charge is 2.30. The molecule has 3 aromatic rings. The molecule has 0 atom stereocenters. The lowest BCUT2D eigenvalue weighted by atomic mass is 10.2. The van der Waals surface area contributed by atoms with Gasteiger partial charge in [0.25, 0.3) is 10.0 Å². The van der Waals surface area contributed by atoms with Crippen molar-refractivity contribution in [2.24, 2.45) is 0 Å². The number of nitrogens with zero attached hydrogens (tertiary/aromatic N) is 1. The van der Waals surface area contributed by atoms with Crippen molar-refractivity contribution in [3.63, 3.8) is 0 Å². The zero-order valence-electron chi connectivity index (χ0n) is 16.3. The Labute approximate surface area is 190 Å². The molecule has 2 heterocycles. The number of anilines is 2. The van der Waals surface area contributed by atoms with Crippen molar-refractivity contribution in [3.8, 4) is 0 Å². The molecule has 2 N–H and O–H groups in total. The van der Waals surface area contributed by atoms with Crippen molar-refractivity contribution in [1.29, 1.82) is 0 Å². The number of rotatable bonds is 5. The van der Waals surface area contributed by atoms with Crippen LogP contribution in [-0.4, -0.2) is 26.0 Å². The van der Waals surface area contributed by atoms with Crippen LogP contribution < -0.4 is 14.9 Å². The lowest BCUT2D eigenvalue weighted by Gasteiger charge is -2.19. The number of fused-ring (bicyclic) bond motifs is 1. The molecular formula is C22H19N3O3S3. The SMILES string of the molecule is O=C(C=Cc1cccs1)NC(=S)Nc1ccc(S(=O)(=O)N2CCc3ccccc32)cc1. The fourth-order valence-corrected chi connectivity index (χ4v) is 5.59. The lowest BCUT2D eigenvalue weighted by Crippen LogP contribution is -2.32. The summed E-state index contributed by atoms with van der Waals surface area (Å²) in [7, 11) is -3.65. The molecule has 0 saturated carbocycles. The largest absolute Gasteiger partial charge is 0.332 e. The third-order valence-electron chi connectivity index (χ3n) is 4.72. The van der Waals surface area contributed by atoms with E-state index in [9.17, 15) is 13.2 Å². The van der Waals surface area contributed by atoms with Gasteiger partial charge in [0, 0.05) is 23.2 Å². The molecule has 31 heavy (non-hydrogen) atoms. The fourth-order valence-electron chi connectivity index (χ4n) is 3.25. The predicted octanol–water partition coefficient (Wildman–Crippen LogP) is 4.03. The standard InChI is InChI=1S/C22H19N3O3S3/c26-21(12-9-18-5-3-15-30-18)24-22(29)23-17-7-10-19(11-8-17)31(27,28)25-14-13-16-4-1-2-6-20(16)25/h1-12,15H,13-14H2,(H2,23,24,26,29). The number of hydrogen-bond donors (Lipinski definition) is 2. The number of sulfonamides is 1. The van der Waals surface area contributed by atoms with Crippen molar-refractivity contribution in [2.45, 2.75) is 11.3 Å². The van der Waals surface area contributed by atoms with Crippen LogP contribution in [0.3, 0.4) is 0 Å². The highest BCUT2D eigenvalue weighted by atomic mass is 32.2. The van der Waals surface area contributed by atoms with Gasteiger partial charge in [0.05, 0.1) is 10.6 Å². The van der Waals surface area contributed by atoms with Gasteiger partial charge in [-0.3, -0.25) is 14.4 Å². The van der Waals surface area contributed by atoms with E-state index in [1.165, 1.54) is 33.9 Å². The molecule has 6 nitrogen and oxygen atoms in total. The van der Waals surface area contributed by atoms with Crippen molar-refractivity contribution in [2.75, 3.05) is 16.2 Å². The monoisotopic (exact) mass is 469 g/mol. The lowest BCUT2D eigenvalue weighted by molar-refractivity contribution is -0.115. The molecule has 1 amide bonds. The molecule has 1 aliphatic heterocycles. The molecule has 4 rings (SSSR count). The number of carbonyl (C=O) groups is 1. The van der Waals surface area contributed by atoms with Crippen molar-refractivity contribution < 1.29 is 13.2 Å². The summed E-state index contributed by atoms with van der Waals surface area (Å²) in [4.78, 5) is 13.1. The van der Waals surface area contributed by atoms with Gasteiger partial charge in [-0.2, -0.15) is 0 Å². The Morgan fingerprint density at radius 1 is 1.06 bits per heavy atom. The van der Waals surface area contributed by atoms with Gasteiger partial charge in [-0.15, -0.1) is 11.3 Å². The molecule has 0 fully saturated rings. The van der Waals surface area contributed by atoms with Crippen LogP contribution in [0.1, 0.15) is 10.4 Å². The van der Waals surface area contributed by atoms with E-state index in [0.29, 0.717) is 18.7 Å². The smallest absolute Gasteiger partial charge is 0.264 e. The molecule has 0 aliphatic carbocycles. The first-order valence-corrected chi connectivity index (χ1v) is 12.2. The van der Waals surface area contributed by atoms with Crippen LogP contribution in [0.25, 0.3) is 6.08 Å². The summed E-state index contributed by atoms with van der Waals surface area (Å²) in [5.41, 5.74) is 2.33. The van der Waals surface area contributed by atoms with E-state index in [0.717, 1.165) is 16.1 Å². The summed E-state index contributed by atoms with van der Waals surface area (Å²) >= 11 is 6.69. The number of amides is 1. The predicted molar refractivity (Wildman–Crippen MR) is 129 cm³/mol. The average Bonchev–Trinajstić information content (AvgIpc) is 3.42. The van der Waals surface area contributed by atoms with Crippen LogP contribution in [0.5, 0.6) is 0 Å². The van der Waals surface area contributed by atoms with Gasteiger partial charge < -0.3 is 5.32 Å². The minimum atomic E-state index is -3.65. The normalized spacial score (nSPS) is 13.2. The zero-order valence-corrected chi connectivity index (χ0v) is 18.8. The second kappa shape index (κ2) is 9.01. The number of para-hydroxylation sites is 1. The molecule has 2 aromatic carbocycles. The number of thiophene rings is 1. The summed E-state index contributed by atoms with van der Waals surface area (Å²) in [6, 6.07) is 17.6. The van der Waals surface area contributed by atoms with E-state index < -0.39 is 10.0 Å². The van der Waals surface area contributed by atoms with Gasteiger partial charge in [-0.1, -0.05) is 24.3 Å². The number of thiocarbonyl (C=S) groups is 1. The first-order chi connectivity index (χ1) is 14.9. The Balaban J connectivity index is 1.39. The van der Waals surface area contributed by atoms with E-state index in [2.05, 4.69) is 10.6 Å².